The zero-order valence-electron chi connectivity index (χ0n) is 16.5. The minimum atomic E-state index is -0.340. The van der Waals surface area contributed by atoms with E-state index in [0.717, 1.165) is 5.56 Å². The topological polar surface area (TPSA) is 117 Å². The van der Waals surface area contributed by atoms with Gasteiger partial charge in [-0.3, -0.25) is 14.4 Å². The van der Waals surface area contributed by atoms with Gasteiger partial charge < -0.3 is 25.3 Å². The van der Waals surface area contributed by atoms with Crippen molar-refractivity contribution in [1.29, 1.82) is 0 Å². The Hall–Kier alpha value is -2.16. The summed E-state index contributed by atoms with van der Waals surface area (Å²) in [4.78, 5) is 32.7. The van der Waals surface area contributed by atoms with Crippen LogP contribution in [0, 0.1) is 0 Å². The third kappa shape index (κ3) is 17.3. The van der Waals surface area contributed by atoms with Crippen LogP contribution in [-0.2, 0) is 35.2 Å². The van der Waals surface area contributed by atoms with Crippen molar-refractivity contribution in [2.75, 3.05) is 32.8 Å². The Morgan fingerprint density at radius 3 is 2.00 bits per heavy atom. The van der Waals surface area contributed by atoms with Crippen LogP contribution >= 0.6 is 12.4 Å². The molecule has 0 heterocycles. The van der Waals surface area contributed by atoms with Gasteiger partial charge in [0.1, 0.15) is 6.61 Å². The molecule has 0 atom stereocenters. The number of nitrogens with one attached hydrogen (secondary N) is 1. The van der Waals surface area contributed by atoms with Gasteiger partial charge in [0.2, 0.25) is 0 Å². The monoisotopic (exact) mass is 418 g/mol. The van der Waals surface area contributed by atoms with Gasteiger partial charge in [0, 0.05) is 13.1 Å². The molecule has 1 aromatic carbocycles. The van der Waals surface area contributed by atoms with Crippen molar-refractivity contribution in [2.24, 2.45) is 5.73 Å². The van der Waals surface area contributed by atoms with Gasteiger partial charge in [-0.1, -0.05) is 30.3 Å². The Bertz CT molecular complexity index is 534. The van der Waals surface area contributed by atoms with E-state index in [-0.39, 0.29) is 49.9 Å². The summed E-state index contributed by atoms with van der Waals surface area (Å²) in [5.74, 6) is -0.824. The largest absolute Gasteiger partial charge is 0.466 e. The molecule has 0 saturated heterocycles. The summed E-state index contributed by atoms with van der Waals surface area (Å²) < 4.78 is 14.4. The van der Waals surface area contributed by atoms with Gasteiger partial charge in [-0.25, -0.2) is 0 Å². The molecule has 0 aliphatic carbocycles. The number of esters is 3. The van der Waals surface area contributed by atoms with Crippen LogP contribution in [0.15, 0.2) is 30.3 Å². The van der Waals surface area contributed by atoms with Crippen LogP contribution in [-0.4, -0.2) is 50.8 Å². The van der Waals surface area contributed by atoms with E-state index in [1.54, 1.807) is 13.8 Å². The van der Waals surface area contributed by atoms with Gasteiger partial charge in [-0.2, -0.15) is 0 Å². The Balaban J connectivity index is 0. The van der Waals surface area contributed by atoms with Crippen molar-refractivity contribution < 1.29 is 28.6 Å². The molecule has 0 unspecified atom stereocenters. The average Bonchev–Trinajstić information content (AvgIpc) is 2.66. The summed E-state index contributed by atoms with van der Waals surface area (Å²) in [6, 6.07) is 9.46. The number of hydrogen-bond acceptors (Lipinski definition) is 8. The predicted molar refractivity (Wildman–Crippen MR) is 108 cm³/mol. The molecule has 0 radical (unpaired) electrons. The highest BCUT2D eigenvalue weighted by Gasteiger charge is 2.04. The smallest absolute Gasteiger partial charge is 0.320 e. The summed E-state index contributed by atoms with van der Waals surface area (Å²) in [5.41, 5.74) is 6.01. The predicted octanol–water partition coefficient (Wildman–Crippen LogP) is 1.59. The van der Waals surface area contributed by atoms with Gasteiger partial charge >= 0.3 is 17.9 Å². The summed E-state index contributed by atoms with van der Waals surface area (Å²) in [6.07, 6.45) is 0.577. The van der Waals surface area contributed by atoms with Crippen LogP contribution in [0.5, 0.6) is 0 Å². The summed E-state index contributed by atoms with van der Waals surface area (Å²) in [5, 5.41) is 2.84. The first-order valence-corrected chi connectivity index (χ1v) is 8.95. The van der Waals surface area contributed by atoms with E-state index in [2.05, 4.69) is 10.1 Å². The third-order valence-corrected chi connectivity index (χ3v) is 2.98. The van der Waals surface area contributed by atoms with Crippen molar-refractivity contribution >= 4 is 30.3 Å². The molecular formula is C19H31ClN2O6. The zero-order valence-corrected chi connectivity index (χ0v) is 17.3. The average molecular weight is 419 g/mol. The molecule has 8 nitrogen and oxygen atoms in total. The lowest BCUT2D eigenvalue weighted by Gasteiger charge is -2.06. The summed E-state index contributed by atoms with van der Waals surface area (Å²) >= 11 is 0. The minimum Gasteiger partial charge on any atom is -0.466 e. The first kappa shape index (κ1) is 28.1. The fourth-order valence-electron chi connectivity index (χ4n) is 1.75. The van der Waals surface area contributed by atoms with E-state index < -0.39 is 0 Å². The number of hydrogen-bond donors (Lipinski definition) is 2. The number of carbonyl (C=O) groups excluding carboxylic acids is 3. The summed E-state index contributed by atoms with van der Waals surface area (Å²) in [6.45, 7) is 5.47. The first-order chi connectivity index (χ1) is 13.0. The molecule has 0 aromatic heterocycles. The zero-order chi connectivity index (χ0) is 20.3. The van der Waals surface area contributed by atoms with E-state index >= 15 is 0 Å². The van der Waals surface area contributed by atoms with E-state index in [1.807, 2.05) is 30.3 Å². The molecule has 0 saturated carbocycles. The van der Waals surface area contributed by atoms with Crippen molar-refractivity contribution in [3.8, 4) is 0 Å². The lowest BCUT2D eigenvalue weighted by Crippen LogP contribution is -2.27. The maximum absolute atomic E-state index is 11.4. The number of halogens is 1. The lowest BCUT2D eigenvalue weighted by atomic mass is 10.2. The van der Waals surface area contributed by atoms with Crippen LogP contribution in [0.4, 0.5) is 0 Å². The molecule has 3 N–H and O–H groups in total. The molecule has 9 heteroatoms. The molecule has 28 heavy (non-hydrogen) atoms. The van der Waals surface area contributed by atoms with Crippen LogP contribution in [0.3, 0.4) is 0 Å². The van der Waals surface area contributed by atoms with Crippen LogP contribution in [0.25, 0.3) is 0 Å². The summed E-state index contributed by atoms with van der Waals surface area (Å²) in [7, 11) is 0. The van der Waals surface area contributed by atoms with E-state index in [9.17, 15) is 14.4 Å². The molecule has 0 bridgehead atoms. The van der Waals surface area contributed by atoms with Crippen LogP contribution in [0.2, 0.25) is 0 Å². The van der Waals surface area contributed by atoms with Crippen LogP contribution in [0.1, 0.15) is 32.3 Å². The second kappa shape index (κ2) is 19.6. The number of carbonyl (C=O) groups is 3. The highest BCUT2D eigenvalue weighted by molar-refractivity contribution is 5.85. The quantitative estimate of drug-likeness (QED) is 0.316. The SMILES string of the molecule is CCOC(=O)CCN.CCOC(=O)CCNCC(=O)OCc1ccccc1.Cl. The van der Waals surface area contributed by atoms with E-state index in [1.165, 1.54) is 0 Å². The Morgan fingerprint density at radius 1 is 0.893 bits per heavy atom. The molecular weight excluding hydrogens is 388 g/mol. The first-order valence-electron chi connectivity index (χ1n) is 8.95. The molecule has 1 aromatic rings. The molecule has 0 aliphatic heterocycles. The Kier molecular flexibility index (Phi) is 19.6. The van der Waals surface area contributed by atoms with Crippen molar-refractivity contribution in [3.05, 3.63) is 35.9 Å². The normalized spacial score (nSPS) is 9.25. The van der Waals surface area contributed by atoms with Gasteiger partial charge in [-0.05, 0) is 19.4 Å². The second-order valence-electron chi connectivity index (χ2n) is 5.22. The molecule has 0 fully saturated rings. The van der Waals surface area contributed by atoms with Gasteiger partial charge in [0.15, 0.2) is 0 Å². The highest BCUT2D eigenvalue weighted by atomic mass is 35.5. The van der Waals surface area contributed by atoms with Gasteiger partial charge in [0.25, 0.3) is 0 Å². The number of benzene rings is 1. The maximum atomic E-state index is 11.4. The fraction of sp³-hybridized carbons (Fsp3) is 0.526. The number of ether oxygens (including phenoxy) is 3. The lowest BCUT2D eigenvalue weighted by molar-refractivity contribution is -0.145. The molecule has 160 valence electrons. The van der Waals surface area contributed by atoms with E-state index in [4.69, 9.17) is 15.2 Å². The number of nitrogens with two attached hydrogens (primary N) is 1. The standard InChI is InChI=1S/C14H19NO4.C5H11NO2.ClH/c1-2-18-13(16)8-9-15-10-14(17)19-11-12-6-4-3-5-7-12;1-2-8-5(7)3-4-6;/h3-7,15H,2,8-11H2,1H3;2-4,6H2,1H3;1H. The molecule has 0 aliphatic rings. The number of rotatable bonds is 11. The highest BCUT2D eigenvalue weighted by Crippen LogP contribution is 2.00. The molecule has 0 amide bonds. The van der Waals surface area contributed by atoms with Gasteiger partial charge in [0.05, 0.1) is 32.6 Å². The third-order valence-electron chi connectivity index (χ3n) is 2.98. The second-order valence-corrected chi connectivity index (χ2v) is 5.22. The van der Waals surface area contributed by atoms with Crippen LogP contribution < -0.4 is 11.1 Å². The fourth-order valence-corrected chi connectivity index (χ4v) is 1.75. The maximum Gasteiger partial charge on any atom is 0.320 e. The molecule has 1 rings (SSSR count). The van der Waals surface area contributed by atoms with Crippen molar-refractivity contribution in [3.63, 3.8) is 0 Å². The Morgan fingerprint density at radius 2 is 1.46 bits per heavy atom. The molecule has 0 spiro atoms. The Labute approximate surface area is 172 Å². The van der Waals surface area contributed by atoms with E-state index in [0.29, 0.717) is 32.7 Å². The van der Waals surface area contributed by atoms with Crippen molar-refractivity contribution in [2.45, 2.75) is 33.3 Å². The van der Waals surface area contributed by atoms with Crippen molar-refractivity contribution in [1.82, 2.24) is 5.32 Å². The minimum absolute atomic E-state index is 0. The van der Waals surface area contributed by atoms with Gasteiger partial charge in [-0.15, -0.1) is 12.4 Å².